The molecule has 1 saturated heterocycles. The van der Waals surface area contributed by atoms with Crippen LogP contribution >= 0.6 is 0 Å². The van der Waals surface area contributed by atoms with Gasteiger partial charge in [-0.25, -0.2) is 9.18 Å². The summed E-state index contributed by atoms with van der Waals surface area (Å²) in [5, 5.41) is 2.81. The summed E-state index contributed by atoms with van der Waals surface area (Å²) < 4.78 is 19.1. The van der Waals surface area contributed by atoms with E-state index < -0.39 is 0 Å². The summed E-state index contributed by atoms with van der Waals surface area (Å²) in [5.41, 5.74) is 2.40. The van der Waals surface area contributed by atoms with Crippen LogP contribution in [0.5, 0.6) is 5.75 Å². The molecular weight excluding hydrogens is 333 g/mol. The summed E-state index contributed by atoms with van der Waals surface area (Å²) in [4.78, 5) is 16.5. The number of ether oxygens (including phenoxy) is 1. The van der Waals surface area contributed by atoms with Crippen molar-refractivity contribution in [2.24, 2.45) is 0 Å². The summed E-state index contributed by atoms with van der Waals surface area (Å²) in [5.74, 6) is 0.506. The Bertz CT molecular complexity index is 773. The number of carbonyl (C=O) groups excluding carboxylic acids is 1. The molecule has 0 radical (unpaired) electrons. The average Bonchev–Trinajstić information content (AvgIpc) is 2.65. The van der Waals surface area contributed by atoms with Crippen molar-refractivity contribution < 1.29 is 13.9 Å². The van der Waals surface area contributed by atoms with Gasteiger partial charge in [0.05, 0.1) is 12.3 Å². The van der Waals surface area contributed by atoms with Crippen molar-refractivity contribution >= 4 is 17.4 Å². The third kappa shape index (κ3) is 4.07. The number of carbonyl (C=O) groups is 1. The molecule has 3 rings (SSSR count). The van der Waals surface area contributed by atoms with Gasteiger partial charge in [-0.2, -0.15) is 0 Å². The first-order valence-electron chi connectivity index (χ1n) is 8.87. The van der Waals surface area contributed by atoms with Crippen LogP contribution in [0.3, 0.4) is 0 Å². The number of anilines is 2. The number of halogens is 1. The molecule has 5 nitrogen and oxygen atoms in total. The molecule has 0 aromatic heterocycles. The van der Waals surface area contributed by atoms with Crippen LogP contribution in [0, 0.1) is 12.7 Å². The summed E-state index contributed by atoms with van der Waals surface area (Å²) in [6, 6.07) is 12.1. The van der Waals surface area contributed by atoms with Crippen LogP contribution in [0.25, 0.3) is 0 Å². The standard InChI is InChI=1S/C20H24FN3O2/c1-3-26-19-7-5-4-6-18(19)23-10-12-24(13-11-23)20(25)22-17-14-16(21)9-8-15(17)2/h4-9,14H,3,10-13H2,1-2H3,(H,22,25). The molecule has 0 bridgehead atoms. The molecule has 6 heteroatoms. The van der Waals surface area contributed by atoms with Crippen LogP contribution in [0.1, 0.15) is 12.5 Å². The number of para-hydroxylation sites is 2. The Balaban J connectivity index is 1.61. The minimum Gasteiger partial charge on any atom is -0.492 e. The molecule has 2 aromatic carbocycles. The van der Waals surface area contributed by atoms with Gasteiger partial charge < -0.3 is 19.9 Å². The Morgan fingerprint density at radius 3 is 2.62 bits per heavy atom. The van der Waals surface area contributed by atoms with E-state index in [9.17, 15) is 9.18 Å². The number of hydrogen-bond acceptors (Lipinski definition) is 3. The van der Waals surface area contributed by atoms with Crippen LogP contribution in [0.4, 0.5) is 20.6 Å². The summed E-state index contributed by atoms with van der Waals surface area (Å²) >= 11 is 0. The predicted octanol–water partition coefficient (Wildman–Crippen LogP) is 3.89. The van der Waals surface area contributed by atoms with Crippen molar-refractivity contribution in [3.05, 3.63) is 53.8 Å². The van der Waals surface area contributed by atoms with Gasteiger partial charge in [-0.05, 0) is 43.7 Å². The molecule has 2 aromatic rings. The van der Waals surface area contributed by atoms with Crippen molar-refractivity contribution in [3.63, 3.8) is 0 Å². The molecule has 0 spiro atoms. The molecule has 1 N–H and O–H groups in total. The van der Waals surface area contributed by atoms with E-state index in [1.807, 2.05) is 38.1 Å². The molecule has 0 aliphatic carbocycles. The number of rotatable bonds is 4. The zero-order chi connectivity index (χ0) is 18.5. The topological polar surface area (TPSA) is 44.8 Å². The van der Waals surface area contributed by atoms with Crippen molar-refractivity contribution in [2.45, 2.75) is 13.8 Å². The lowest BCUT2D eigenvalue weighted by Crippen LogP contribution is -2.50. The normalized spacial score (nSPS) is 14.3. The lowest BCUT2D eigenvalue weighted by molar-refractivity contribution is 0.208. The first kappa shape index (κ1) is 18.0. The molecule has 1 aliphatic heterocycles. The van der Waals surface area contributed by atoms with Gasteiger partial charge in [0.2, 0.25) is 0 Å². The van der Waals surface area contributed by atoms with E-state index in [-0.39, 0.29) is 11.8 Å². The molecule has 1 aliphatic rings. The van der Waals surface area contributed by atoms with Gasteiger partial charge in [0.1, 0.15) is 11.6 Å². The minimum absolute atomic E-state index is 0.198. The second kappa shape index (κ2) is 8.08. The first-order chi connectivity index (χ1) is 12.6. The Hall–Kier alpha value is -2.76. The number of nitrogens with zero attached hydrogens (tertiary/aromatic N) is 2. The molecule has 26 heavy (non-hydrogen) atoms. The van der Waals surface area contributed by atoms with E-state index in [1.54, 1.807) is 11.0 Å². The summed E-state index contributed by atoms with van der Waals surface area (Å²) in [6.07, 6.45) is 0. The van der Waals surface area contributed by atoms with Crippen molar-refractivity contribution in [2.75, 3.05) is 43.0 Å². The Labute approximate surface area is 153 Å². The fraction of sp³-hybridized carbons (Fsp3) is 0.350. The van der Waals surface area contributed by atoms with E-state index in [1.165, 1.54) is 12.1 Å². The Morgan fingerprint density at radius 1 is 1.15 bits per heavy atom. The second-order valence-corrected chi connectivity index (χ2v) is 6.26. The second-order valence-electron chi connectivity index (χ2n) is 6.26. The van der Waals surface area contributed by atoms with E-state index in [0.29, 0.717) is 25.4 Å². The molecule has 1 fully saturated rings. The van der Waals surface area contributed by atoms with E-state index >= 15 is 0 Å². The van der Waals surface area contributed by atoms with Gasteiger partial charge in [0.15, 0.2) is 0 Å². The molecule has 0 atom stereocenters. The van der Waals surface area contributed by atoms with Gasteiger partial charge in [-0.1, -0.05) is 18.2 Å². The Morgan fingerprint density at radius 2 is 1.88 bits per heavy atom. The fourth-order valence-corrected chi connectivity index (χ4v) is 3.07. The van der Waals surface area contributed by atoms with Crippen LogP contribution in [-0.4, -0.2) is 43.7 Å². The monoisotopic (exact) mass is 357 g/mol. The highest BCUT2D eigenvalue weighted by Crippen LogP contribution is 2.29. The SMILES string of the molecule is CCOc1ccccc1N1CCN(C(=O)Nc2cc(F)ccc2C)CC1. The number of urea groups is 1. The zero-order valence-electron chi connectivity index (χ0n) is 15.2. The third-order valence-electron chi connectivity index (χ3n) is 4.51. The molecule has 0 unspecified atom stereocenters. The van der Waals surface area contributed by atoms with Crippen LogP contribution in [-0.2, 0) is 0 Å². The third-order valence-corrected chi connectivity index (χ3v) is 4.51. The molecule has 138 valence electrons. The maximum Gasteiger partial charge on any atom is 0.321 e. The van der Waals surface area contributed by atoms with Crippen molar-refractivity contribution in [1.82, 2.24) is 4.90 Å². The van der Waals surface area contributed by atoms with Gasteiger partial charge in [-0.15, -0.1) is 0 Å². The quantitative estimate of drug-likeness (QED) is 0.903. The average molecular weight is 357 g/mol. The van der Waals surface area contributed by atoms with Crippen LogP contribution in [0.15, 0.2) is 42.5 Å². The maximum atomic E-state index is 13.4. The van der Waals surface area contributed by atoms with Gasteiger partial charge in [0, 0.05) is 31.9 Å². The van der Waals surface area contributed by atoms with Crippen LogP contribution in [0.2, 0.25) is 0 Å². The molecular formula is C20H24FN3O2. The summed E-state index contributed by atoms with van der Waals surface area (Å²) in [7, 11) is 0. The van der Waals surface area contributed by atoms with E-state index in [2.05, 4.69) is 10.2 Å². The summed E-state index contributed by atoms with van der Waals surface area (Å²) in [6.45, 7) is 7.07. The van der Waals surface area contributed by atoms with Gasteiger partial charge >= 0.3 is 6.03 Å². The molecule has 1 heterocycles. The number of hydrogen-bond donors (Lipinski definition) is 1. The maximum absolute atomic E-state index is 13.4. The first-order valence-corrected chi connectivity index (χ1v) is 8.87. The van der Waals surface area contributed by atoms with E-state index in [4.69, 9.17) is 4.74 Å². The molecule has 0 saturated carbocycles. The van der Waals surface area contributed by atoms with Gasteiger partial charge in [-0.3, -0.25) is 0 Å². The van der Waals surface area contributed by atoms with E-state index in [0.717, 1.165) is 30.1 Å². The highest BCUT2D eigenvalue weighted by Gasteiger charge is 2.23. The van der Waals surface area contributed by atoms with Crippen molar-refractivity contribution in [1.29, 1.82) is 0 Å². The zero-order valence-corrected chi connectivity index (χ0v) is 15.2. The predicted molar refractivity (Wildman–Crippen MR) is 102 cm³/mol. The number of nitrogens with one attached hydrogen (secondary N) is 1. The molecule has 2 amide bonds. The van der Waals surface area contributed by atoms with Crippen molar-refractivity contribution in [3.8, 4) is 5.75 Å². The number of piperazine rings is 1. The smallest absolute Gasteiger partial charge is 0.321 e. The minimum atomic E-state index is -0.358. The lowest BCUT2D eigenvalue weighted by atomic mass is 10.2. The largest absolute Gasteiger partial charge is 0.492 e. The van der Waals surface area contributed by atoms with Gasteiger partial charge in [0.25, 0.3) is 0 Å². The highest BCUT2D eigenvalue weighted by molar-refractivity contribution is 5.90. The number of benzene rings is 2. The lowest BCUT2D eigenvalue weighted by Gasteiger charge is -2.36. The van der Waals surface area contributed by atoms with Crippen LogP contribution < -0.4 is 15.0 Å². The highest BCUT2D eigenvalue weighted by atomic mass is 19.1. The fourth-order valence-electron chi connectivity index (χ4n) is 3.07. The Kier molecular flexibility index (Phi) is 5.61. The number of aryl methyl sites for hydroxylation is 1. The number of amides is 2.